The van der Waals surface area contributed by atoms with Crippen molar-refractivity contribution in [3.8, 4) is 120 Å². The van der Waals surface area contributed by atoms with Crippen molar-refractivity contribution in [3.63, 3.8) is 0 Å². The quantitative estimate of drug-likeness (QED) is 0.0552. The number of rotatable bonds is 6. The molecule has 0 spiro atoms. The van der Waals surface area contributed by atoms with Crippen LogP contribution >= 0.6 is 11.3 Å². The maximum atomic E-state index is 11.4. The Balaban J connectivity index is 1.14. The van der Waals surface area contributed by atoms with Gasteiger partial charge in [-0.1, -0.05) is 97.1 Å². The number of phenolic OH excluding ortho intramolecular Hbond substituents is 10. The summed E-state index contributed by atoms with van der Waals surface area (Å²) < 4.78 is 3.65. The molecule has 0 bridgehead atoms. The molecule has 0 atom stereocenters. The number of thiophene rings is 1. The summed E-state index contributed by atoms with van der Waals surface area (Å²) in [4.78, 5) is 14.6. The Morgan fingerprint density at radius 1 is 0.348 bits per heavy atom. The molecule has 3 aromatic heterocycles. The van der Waals surface area contributed by atoms with Crippen molar-refractivity contribution in [1.29, 1.82) is 0 Å². The molecule has 10 N–H and O–H groups in total. The number of benzene rings is 8. The lowest BCUT2D eigenvalue weighted by molar-refractivity contribution is 0.330. The van der Waals surface area contributed by atoms with E-state index in [4.69, 9.17) is 15.0 Å². The Hall–Kier alpha value is -9.21. The summed E-state index contributed by atoms with van der Waals surface area (Å²) in [5.74, 6) is -9.45. The van der Waals surface area contributed by atoms with Crippen LogP contribution in [0.2, 0.25) is 0 Å². The number of aromatic nitrogens is 4. The van der Waals surface area contributed by atoms with Gasteiger partial charge in [0.2, 0.25) is 34.5 Å². The summed E-state index contributed by atoms with van der Waals surface area (Å²) in [6.07, 6.45) is 0. The Morgan fingerprint density at radius 2 is 0.818 bits per heavy atom. The van der Waals surface area contributed by atoms with E-state index in [0.717, 1.165) is 36.9 Å². The van der Waals surface area contributed by atoms with E-state index in [1.807, 2.05) is 108 Å². The highest BCUT2D eigenvalue weighted by atomic mass is 32.1. The Kier molecular flexibility index (Phi) is 8.82. The Labute approximate surface area is 375 Å². The summed E-state index contributed by atoms with van der Waals surface area (Å²) >= 11 is 1.53. The second kappa shape index (κ2) is 14.7. The fourth-order valence-electron chi connectivity index (χ4n) is 8.58. The molecule has 0 saturated carbocycles. The lowest BCUT2D eigenvalue weighted by Crippen LogP contribution is -1.99. The smallest absolute Gasteiger partial charge is 0.208 e. The molecule has 0 saturated heterocycles. The first-order valence-electron chi connectivity index (χ1n) is 20.2. The van der Waals surface area contributed by atoms with Crippen molar-refractivity contribution in [2.45, 2.75) is 0 Å². The average Bonchev–Trinajstić information content (AvgIpc) is 3.89. The van der Waals surface area contributed by atoms with Crippen molar-refractivity contribution in [2.75, 3.05) is 0 Å². The van der Waals surface area contributed by atoms with Crippen LogP contribution in [0.25, 0.3) is 104 Å². The molecule has 11 aromatic rings. The van der Waals surface area contributed by atoms with Crippen molar-refractivity contribution in [1.82, 2.24) is 19.5 Å². The maximum absolute atomic E-state index is 11.4. The van der Waals surface area contributed by atoms with E-state index < -0.39 is 68.6 Å². The first-order valence-corrected chi connectivity index (χ1v) is 21.0. The monoisotopic (exact) mass is 892 g/mol. The van der Waals surface area contributed by atoms with Gasteiger partial charge in [-0.2, -0.15) is 0 Å². The van der Waals surface area contributed by atoms with Crippen LogP contribution in [0.5, 0.6) is 57.5 Å². The van der Waals surface area contributed by atoms with E-state index in [1.165, 1.54) is 23.5 Å². The van der Waals surface area contributed by atoms with Gasteiger partial charge < -0.3 is 55.6 Å². The van der Waals surface area contributed by atoms with Crippen molar-refractivity contribution < 1.29 is 51.1 Å². The zero-order valence-corrected chi connectivity index (χ0v) is 34.7. The van der Waals surface area contributed by atoms with Crippen molar-refractivity contribution >= 4 is 53.3 Å². The Bertz CT molecular complexity index is 3720. The minimum Gasteiger partial charge on any atom is -0.504 e. The summed E-state index contributed by atoms with van der Waals surface area (Å²) in [5, 5.41) is 111. The Morgan fingerprint density at radius 3 is 1.39 bits per heavy atom. The van der Waals surface area contributed by atoms with Crippen LogP contribution in [0, 0.1) is 0 Å². The SMILES string of the molecule is Oc1c(O)c(O)c(-c2cc(-c3c(O)c(O)c(O)c(O)c3O)c3c(c2)c2ccccc2n3-c2ccc3c(c2)sc2cc(-c4nc(-c5ccccc5)nc(-c5ccccc5)n4)ccc23)c(O)c1O. The number of nitrogens with zero attached hydrogens (tertiary/aromatic N) is 4. The third-order valence-corrected chi connectivity index (χ3v) is 12.9. The molecule has 0 amide bonds. The van der Waals surface area contributed by atoms with Gasteiger partial charge in [0.05, 0.1) is 22.2 Å². The van der Waals surface area contributed by atoms with Crippen LogP contribution in [0.15, 0.2) is 133 Å². The second-order valence-corrected chi connectivity index (χ2v) is 16.6. The molecule has 14 nitrogen and oxygen atoms in total. The molecule has 66 heavy (non-hydrogen) atoms. The van der Waals surface area contributed by atoms with Crippen LogP contribution in [0.3, 0.4) is 0 Å². The highest BCUT2D eigenvalue weighted by molar-refractivity contribution is 7.25. The number of aromatic hydroxyl groups is 10. The summed E-state index contributed by atoms with van der Waals surface area (Å²) in [5.41, 5.74) is 2.65. The van der Waals surface area contributed by atoms with E-state index in [1.54, 1.807) is 18.2 Å². The molecule has 0 unspecified atom stereocenters. The minimum atomic E-state index is -1.19. The van der Waals surface area contributed by atoms with Gasteiger partial charge in [0.25, 0.3) is 0 Å². The molecule has 3 heterocycles. The number of hydrogen-bond donors (Lipinski definition) is 10. The van der Waals surface area contributed by atoms with Gasteiger partial charge in [0.15, 0.2) is 40.5 Å². The van der Waals surface area contributed by atoms with Gasteiger partial charge in [-0.3, -0.25) is 0 Å². The molecular weight excluding hydrogens is 861 g/mol. The van der Waals surface area contributed by atoms with Gasteiger partial charge in [0.1, 0.15) is 0 Å². The normalized spacial score (nSPS) is 11.6. The number of fused-ring (bicyclic) bond motifs is 6. The van der Waals surface area contributed by atoms with Gasteiger partial charge in [-0.15, -0.1) is 11.3 Å². The molecule has 0 fully saturated rings. The van der Waals surface area contributed by atoms with Gasteiger partial charge in [-0.05, 0) is 42.0 Å². The topological polar surface area (TPSA) is 246 Å². The molecule has 322 valence electrons. The third kappa shape index (κ3) is 5.91. The molecule has 0 radical (unpaired) electrons. The number of hydrogen-bond acceptors (Lipinski definition) is 14. The van der Waals surface area contributed by atoms with Crippen LogP contribution in [-0.2, 0) is 0 Å². The predicted octanol–water partition coefficient (Wildman–Crippen LogP) is 10.7. The molecule has 0 aliphatic heterocycles. The molecular formula is C51H32N4O10S. The molecule has 0 aliphatic carbocycles. The first kappa shape index (κ1) is 39.6. The number of para-hydroxylation sites is 1. The molecule has 0 aliphatic rings. The number of phenols is 10. The van der Waals surface area contributed by atoms with E-state index in [-0.39, 0.29) is 16.6 Å². The third-order valence-electron chi connectivity index (χ3n) is 11.7. The van der Waals surface area contributed by atoms with Crippen LogP contribution < -0.4 is 0 Å². The van der Waals surface area contributed by atoms with Crippen LogP contribution in [0.1, 0.15) is 0 Å². The maximum Gasteiger partial charge on any atom is 0.208 e. The van der Waals surface area contributed by atoms with Gasteiger partial charge in [0, 0.05) is 58.9 Å². The van der Waals surface area contributed by atoms with E-state index in [2.05, 4.69) is 0 Å². The van der Waals surface area contributed by atoms with Crippen LogP contribution in [0.4, 0.5) is 0 Å². The van der Waals surface area contributed by atoms with Crippen molar-refractivity contribution in [2.24, 2.45) is 0 Å². The fourth-order valence-corrected chi connectivity index (χ4v) is 9.76. The summed E-state index contributed by atoms with van der Waals surface area (Å²) in [6, 6.07) is 41.2. The average molecular weight is 893 g/mol. The standard InChI is InChI=1S/C51H32N4O10S/c56-39-36(40(57)44(61)47(64)43(39)60)26-19-31-28-13-7-8-14-33(28)55(38(31)32(20-26)37-41(58)45(62)48(65)46(63)42(37)59)27-16-18-30-29-17-15-25(21-34(29)66-35(30)22-27)51-53-49(23-9-3-1-4-10-23)52-50(54-51)24-11-5-2-6-12-24/h1-22,56-65H. The predicted molar refractivity (Wildman–Crippen MR) is 251 cm³/mol. The van der Waals surface area contributed by atoms with E-state index in [9.17, 15) is 51.1 Å². The zero-order chi connectivity index (χ0) is 45.7. The lowest BCUT2D eigenvalue weighted by Gasteiger charge is -2.18. The molecule has 8 aromatic carbocycles. The van der Waals surface area contributed by atoms with Crippen LogP contribution in [-0.4, -0.2) is 70.6 Å². The minimum absolute atomic E-state index is 0.103. The highest BCUT2D eigenvalue weighted by Gasteiger charge is 2.31. The first-order chi connectivity index (χ1) is 31.9. The zero-order valence-electron chi connectivity index (χ0n) is 33.9. The van der Waals surface area contributed by atoms with Gasteiger partial charge >= 0.3 is 0 Å². The van der Waals surface area contributed by atoms with Gasteiger partial charge in [-0.25, -0.2) is 15.0 Å². The van der Waals surface area contributed by atoms with E-state index in [0.29, 0.717) is 39.4 Å². The molecule has 15 heteroatoms. The van der Waals surface area contributed by atoms with Crippen molar-refractivity contribution in [3.05, 3.63) is 133 Å². The van der Waals surface area contributed by atoms with E-state index >= 15 is 0 Å². The lowest BCUT2D eigenvalue weighted by atomic mass is 9.92. The molecule has 11 rings (SSSR count). The fraction of sp³-hybridized carbons (Fsp3) is 0. The summed E-state index contributed by atoms with van der Waals surface area (Å²) in [7, 11) is 0. The highest BCUT2D eigenvalue weighted by Crippen LogP contribution is 2.59. The summed E-state index contributed by atoms with van der Waals surface area (Å²) in [6.45, 7) is 0. The largest absolute Gasteiger partial charge is 0.504 e. The second-order valence-electron chi connectivity index (χ2n) is 15.5.